The maximum atomic E-state index is 13.7. The number of rotatable bonds is 0. The van der Waals surface area contributed by atoms with Gasteiger partial charge < -0.3 is 9.88 Å². The van der Waals surface area contributed by atoms with Crippen LogP contribution in [-0.4, -0.2) is 11.1 Å². The highest BCUT2D eigenvalue weighted by Crippen LogP contribution is 2.28. The molecule has 3 heteroatoms. The van der Waals surface area contributed by atoms with Gasteiger partial charge in [-0.05, 0) is 19.1 Å². The minimum Gasteiger partial charge on any atom is -0.337 e. The predicted molar refractivity (Wildman–Crippen MR) is 58.3 cm³/mol. The summed E-state index contributed by atoms with van der Waals surface area (Å²) in [5.41, 5.74) is 1.93. The quantitative estimate of drug-likeness (QED) is 0.697. The molecule has 0 saturated carbocycles. The number of nitrogens with zero attached hydrogens (tertiary/aromatic N) is 1. The zero-order chi connectivity index (χ0) is 10.4. The molecule has 1 atom stereocenters. The third-order valence-corrected chi connectivity index (χ3v) is 3.08. The topological polar surface area (TPSA) is 17.0 Å². The standard InChI is InChI=1S/C12H13FN2/c1-8-6-14-7-10-5-9-3-2-4-11(13)12(9)15(8)10/h2-5,8,14H,6-7H2,1H3. The lowest BCUT2D eigenvalue weighted by atomic mass is 10.2. The van der Waals surface area contributed by atoms with Gasteiger partial charge in [-0.25, -0.2) is 4.39 Å². The molecule has 78 valence electrons. The molecule has 1 aromatic heterocycles. The van der Waals surface area contributed by atoms with Crippen molar-refractivity contribution in [3.05, 3.63) is 35.8 Å². The normalized spacial score (nSPS) is 20.5. The van der Waals surface area contributed by atoms with Crippen LogP contribution in [-0.2, 0) is 6.54 Å². The molecule has 0 bridgehead atoms. The molecule has 0 amide bonds. The van der Waals surface area contributed by atoms with Crippen LogP contribution in [0.15, 0.2) is 24.3 Å². The number of para-hydroxylation sites is 1. The summed E-state index contributed by atoms with van der Waals surface area (Å²) in [6, 6.07) is 7.66. The Morgan fingerprint density at radius 1 is 1.47 bits per heavy atom. The molecule has 0 aliphatic carbocycles. The van der Waals surface area contributed by atoms with Crippen molar-refractivity contribution in [2.45, 2.75) is 19.5 Å². The Labute approximate surface area is 87.7 Å². The molecular formula is C12H13FN2. The van der Waals surface area contributed by atoms with Crippen LogP contribution in [0.5, 0.6) is 0 Å². The number of benzene rings is 1. The van der Waals surface area contributed by atoms with Crippen molar-refractivity contribution >= 4 is 10.9 Å². The summed E-state index contributed by atoms with van der Waals surface area (Å²) in [6.07, 6.45) is 0. The van der Waals surface area contributed by atoms with Gasteiger partial charge in [0, 0.05) is 30.2 Å². The largest absolute Gasteiger partial charge is 0.337 e. The molecule has 0 spiro atoms. The van der Waals surface area contributed by atoms with Crippen LogP contribution in [0.4, 0.5) is 4.39 Å². The molecule has 0 fully saturated rings. The van der Waals surface area contributed by atoms with E-state index in [0.717, 1.165) is 24.0 Å². The van der Waals surface area contributed by atoms with Crippen LogP contribution in [0.3, 0.4) is 0 Å². The van der Waals surface area contributed by atoms with E-state index in [4.69, 9.17) is 0 Å². The number of halogens is 1. The SMILES string of the molecule is CC1CNCc2cc3cccc(F)c3n21. The maximum absolute atomic E-state index is 13.7. The van der Waals surface area contributed by atoms with Gasteiger partial charge >= 0.3 is 0 Å². The lowest BCUT2D eigenvalue weighted by molar-refractivity contribution is 0.435. The Kier molecular flexibility index (Phi) is 1.83. The summed E-state index contributed by atoms with van der Waals surface area (Å²) in [5.74, 6) is -0.118. The van der Waals surface area contributed by atoms with Gasteiger partial charge in [-0.1, -0.05) is 12.1 Å². The van der Waals surface area contributed by atoms with E-state index in [1.54, 1.807) is 6.07 Å². The van der Waals surface area contributed by atoms with Crippen LogP contribution >= 0.6 is 0 Å². The Morgan fingerprint density at radius 3 is 3.20 bits per heavy atom. The monoisotopic (exact) mass is 204 g/mol. The Hall–Kier alpha value is -1.35. The van der Waals surface area contributed by atoms with E-state index in [-0.39, 0.29) is 5.82 Å². The van der Waals surface area contributed by atoms with Gasteiger partial charge in [-0.3, -0.25) is 0 Å². The van der Waals surface area contributed by atoms with Gasteiger partial charge in [-0.2, -0.15) is 0 Å². The first-order chi connectivity index (χ1) is 7.27. The highest BCUT2D eigenvalue weighted by Gasteiger charge is 2.19. The van der Waals surface area contributed by atoms with E-state index >= 15 is 0 Å². The third-order valence-electron chi connectivity index (χ3n) is 3.08. The fourth-order valence-corrected chi connectivity index (χ4v) is 2.44. The van der Waals surface area contributed by atoms with E-state index in [1.165, 1.54) is 11.8 Å². The molecule has 2 heterocycles. The molecule has 1 unspecified atom stereocenters. The summed E-state index contributed by atoms with van der Waals surface area (Å²) >= 11 is 0. The van der Waals surface area contributed by atoms with Crippen LogP contribution < -0.4 is 5.32 Å². The van der Waals surface area contributed by atoms with Gasteiger partial charge in [0.2, 0.25) is 0 Å². The first-order valence-corrected chi connectivity index (χ1v) is 5.26. The Balaban J connectivity index is 2.38. The molecular weight excluding hydrogens is 191 g/mol. The van der Waals surface area contributed by atoms with Crippen LogP contribution in [0.2, 0.25) is 0 Å². The summed E-state index contributed by atoms with van der Waals surface area (Å²) in [4.78, 5) is 0. The highest BCUT2D eigenvalue weighted by molar-refractivity contribution is 5.82. The van der Waals surface area contributed by atoms with Crippen molar-refractivity contribution in [1.82, 2.24) is 9.88 Å². The minimum atomic E-state index is -0.118. The Bertz CT molecular complexity index is 516. The second-order valence-corrected chi connectivity index (χ2v) is 4.16. The van der Waals surface area contributed by atoms with E-state index in [1.807, 2.05) is 6.07 Å². The molecule has 2 aromatic rings. The van der Waals surface area contributed by atoms with E-state index < -0.39 is 0 Å². The van der Waals surface area contributed by atoms with Crippen LogP contribution in [0.25, 0.3) is 10.9 Å². The van der Waals surface area contributed by atoms with Crippen molar-refractivity contribution < 1.29 is 4.39 Å². The van der Waals surface area contributed by atoms with E-state index in [9.17, 15) is 4.39 Å². The van der Waals surface area contributed by atoms with Gasteiger partial charge in [0.1, 0.15) is 5.82 Å². The van der Waals surface area contributed by atoms with Crippen molar-refractivity contribution in [3.63, 3.8) is 0 Å². The van der Waals surface area contributed by atoms with Gasteiger partial charge in [-0.15, -0.1) is 0 Å². The first-order valence-electron chi connectivity index (χ1n) is 5.26. The molecule has 1 aliphatic rings. The second kappa shape index (κ2) is 3.07. The summed E-state index contributed by atoms with van der Waals surface area (Å²) in [5, 5.41) is 4.33. The number of fused-ring (bicyclic) bond motifs is 3. The molecule has 0 saturated heterocycles. The zero-order valence-corrected chi connectivity index (χ0v) is 8.63. The van der Waals surface area contributed by atoms with Gasteiger partial charge in [0.05, 0.1) is 5.52 Å². The van der Waals surface area contributed by atoms with Crippen LogP contribution in [0, 0.1) is 5.82 Å². The fourth-order valence-electron chi connectivity index (χ4n) is 2.44. The molecule has 1 N–H and O–H groups in total. The summed E-state index contributed by atoms with van der Waals surface area (Å²) in [7, 11) is 0. The predicted octanol–water partition coefficient (Wildman–Crippen LogP) is 2.44. The second-order valence-electron chi connectivity index (χ2n) is 4.16. The smallest absolute Gasteiger partial charge is 0.147 e. The van der Waals surface area contributed by atoms with E-state index in [0.29, 0.717) is 6.04 Å². The molecule has 0 radical (unpaired) electrons. The average molecular weight is 204 g/mol. The fraction of sp³-hybridized carbons (Fsp3) is 0.333. The molecule has 1 aromatic carbocycles. The number of hydrogen-bond acceptors (Lipinski definition) is 1. The van der Waals surface area contributed by atoms with Crippen molar-refractivity contribution in [1.29, 1.82) is 0 Å². The maximum Gasteiger partial charge on any atom is 0.147 e. The summed E-state index contributed by atoms with van der Waals surface area (Å²) in [6.45, 7) is 3.85. The third kappa shape index (κ3) is 1.20. The van der Waals surface area contributed by atoms with Crippen molar-refractivity contribution in [2.24, 2.45) is 0 Å². The number of aromatic nitrogens is 1. The number of nitrogens with one attached hydrogen (secondary N) is 1. The van der Waals surface area contributed by atoms with E-state index in [2.05, 4.69) is 22.9 Å². The summed E-state index contributed by atoms with van der Waals surface area (Å²) < 4.78 is 15.9. The lowest BCUT2D eigenvalue weighted by Gasteiger charge is -2.24. The first kappa shape index (κ1) is 8.92. The minimum absolute atomic E-state index is 0.118. The molecule has 3 rings (SSSR count). The highest BCUT2D eigenvalue weighted by atomic mass is 19.1. The lowest BCUT2D eigenvalue weighted by Crippen LogP contribution is -2.31. The molecule has 15 heavy (non-hydrogen) atoms. The average Bonchev–Trinajstić information content (AvgIpc) is 2.58. The van der Waals surface area contributed by atoms with Crippen molar-refractivity contribution in [2.75, 3.05) is 6.54 Å². The molecule has 1 aliphatic heterocycles. The van der Waals surface area contributed by atoms with Crippen molar-refractivity contribution in [3.8, 4) is 0 Å². The molecule has 2 nitrogen and oxygen atoms in total. The van der Waals surface area contributed by atoms with Crippen LogP contribution in [0.1, 0.15) is 18.7 Å². The van der Waals surface area contributed by atoms with Gasteiger partial charge in [0.15, 0.2) is 0 Å². The van der Waals surface area contributed by atoms with Gasteiger partial charge in [0.25, 0.3) is 0 Å². The Morgan fingerprint density at radius 2 is 2.33 bits per heavy atom. The zero-order valence-electron chi connectivity index (χ0n) is 8.63. The number of hydrogen-bond donors (Lipinski definition) is 1.